The van der Waals surface area contributed by atoms with Gasteiger partial charge in [-0.05, 0) is 24.1 Å². The molecule has 2 rings (SSSR count). The third-order valence-corrected chi connectivity index (χ3v) is 2.74. The molecule has 0 unspecified atom stereocenters. The van der Waals surface area contributed by atoms with Crippen LogP contribution >= 0.6 is 0 Å². The van der Waals surface area contributed by atoms with Gasteiger partial charge in [0.15, 0.2) is 0 Å². The van der Waals surface area contributed by atoms with E-state index in [2.05, 4.69) is 33.3 Å². The molecule has 0 fully saturated rings. The Labute approximate surface area is 118 Å². The van der Waals surface area contributed by atoms with Gasteiger partial charge >= 0.3 is 6.01 Å². The fourth-order valence-electron chi connectivity index (χ4n) is 1.64. The number of nitrogens with one attached hydrogen (secondary N) is 1. The van der Waals surface area contributed by atoms with Gasteiger partial charge in [-0.3, -0.25) is 0 Å². The summed E-state index contributed by atoms with van der Waals surface area (Å²) in [6.07, 6.45) is 0.957. The first kappa shape index (κ1) is 14.0. The molecule has 0 atom stereocenters. The highest BCUT2D eigenvalue weighted by Crippen LogP contribution is 2.21. The van der Waals surface area contributed by atoms with Gasteiger partial charge in [-0.2, -0.15) is 15.0 Å². The van der Waals surface area contributed by atoms with E-state index < -0.39 is 0 Å². The highest BCUT2D eigenvalue weighted by atomic mass is 16.5. The first-order valence-electron chi connectivity index (χ1n) is 6.50. The smallest absolute Gasteiger partial charge is 0.328 e. The summed E-state index contributed by atoms with van der Waals surface area (Å²) < 4.78 is 5.73. The second-order valence-corrected chi connectivity index (χ2v) is 4.49. The topological polar surface area (TPSA) is 63.2 Å². The van der Waals surface area contributed by atoms with Crippen molar-refractivity contribution in [3.05, 3.63) is 29.8 Å². The van der Waals surface area contributed by atoms with Crippen LogP contribution in [0.15, 0.2) is 24.3 Å². The summed E-state index contributed by atoms with van der Waals surface area (Å²) in [5, 5.41) is 2.90. The molecule has 2 aromatic rings. The quantitative estimate of drug-likeness (QED) is 0.902. The maximum absolute atomic E-state index is 5.73. The van der Waals surface area contributed by atoms with E-state index in [-0.39, 0.29) is 6.01 Å². The normalized spacial score (nSPS) is 10.2. The molecule has 1 N–H and O–H groups in total. The SMILES string of the molecule is CCc1cccc(Oc2nc(NC)nc(N(C)C)n2)c1. The first-order chi connectivity index (χ1) is 9.62. The van der Waals surface area contributed by atoms with Crippen LogP contribution in [0.4, 0.5) is 11.9 Å². The molecule has 0 bridgehead atoms. The van der Waals surface area contributed by atoms with E-state index in [0.717, 1.165) is 12.2 Å². The first-order valence-corrected chi connectivity index (χ1v) is 6.50. The molecule has 6 nitrogen and oxygen atoms in total. The number of aryl methyl sites for hydroxylation is 1. The largest absolute Gasteiger partial charge is 0.424 e. The highest BCUT2D eigenvalue weighted by molar-refractivity contribution is 5.38. The molecule has 0 amide bonds. The number of rotatable bonds is 5. The maximum Gasteiger partial charge on any atom is 0.328 e. The molecule has 1 heterocycles. The second kappa shape index (κ2) is 6.18. The Hall–Kier alpha value is -2.37. The number of ether oxygens (including phenoxy) is 1. The van der Waals surface area contributed by atoms with E-state index in [4.69, 9.17) is 4.74 Å². The number of benzene rings is 1. The maximum atomic E-state index is 5.73. The molecule has 0 aliphatic heterocycles. The highest BCUT2D eigenvalue weighted by Gasteiger charge is 2.09. The van der Waals surface area contributed by atoms with Gasteiger partial charge in [0.2, 0.25) is 11.9 Å². The third kappa shape index (κ3) is 3.34. The lowest BCUT2D eigenvalue weighted by atomic mass is 10.2. The Bertz CT molecular complexity index is 586. The van der Waals surface area contributed by atoms with Crippen molar-refractivity contribution in [1.29, 1.82) is 0 Å². The molecule has 0 saturated heterocycles. The lowest BCUT2D eigenvalue weighted by Gasteiger charge is -2.12. The predicted octanol–water partition coefficient (Wildman–Crippen LogP) is 2.33. The van der Waals surface area contributed by atoms with Crippen LogP contribution in [0.2, 0.25) is 0 Å². The van der Waals surface area contributed by atoms with Crippen molar-refractivity contribution in [2.75, 3.05) is 31.4 Å². The molecular weight excluding hydrogens is 254 g/mol. The van der Waals surface area contributed by atoms with Crippen LogP contribution in [0.1, 0.15) is 12.5 Å². The van der Waals surface area contributed by atoms with Crippen molar-refractivity contribution in [2.24, 2.45) is 0 Å². The Morgan fingerprint density at radius 2 is 2.00 bits per heavy atom. The minimum Gasteiger partial charge on any atom is -0.424 e. The number of hydrogen-bond acceptors (Lipinski definition) is 6. The Morgan fingerprint density at radius 1 is 1.20 bits per heavy atom. The molecular formula is C14H19N5O. The van der Waals surface area contributed by atoms with E-state index in [1.165, 1.54) is 5.56 Å². The van der Waals surface area contributed by atoms with Crippen LogP contribution in [-0.4, -0.2) is 36.1 Å². The zero-order chi connectivity index (χ0) is 14.5. The molecule has 6 heteroatoms. The summed E-state index contributed by atoms with van der Waals surface area (Å²) in [5.41, 5.74) is 1.21. The van der Waals surface area contributed by atoms with Crippen molar-refractivity contribution in [3.8, 4) is 11.8 Å². The van der Waals surface area contributed by atoms with E-state index in [1.54, 1.807) is 11.9 Å². The van der Waals surface area contributed by atoms with Crippen molar-refractivity contribution in [2.45, 2.75) is 13.3 Å². The van der Waals surface area contributed by atoms with Crippen molar-refractivity contribution < 1.29 is 4.74 Å². The standard InChI is InChI=1S/C14H19N5O/c1-5-10-7-6-8-11(9-10)20-14-17-12(15-2)16-13(18-14)19(3)4/h6-9H,5H2,1-4H3,(H,15,16,17,18). The van der Waals surface area contributed by atoms with E-state index >= 15 is 0 Å². The van der Waals surface area contributed by atoms with Gasteiger partial charge in [0, 0.05) is 21.1 Å². The minimum atomic E-state index is 0.279. The van der Waals surface area contributed by atoms with Gasteiger partial charge < -0.3 is 15.0 Å². The molecule has 0 aliphatic carbocycles. The van der Waals surface area contributed by atoms with Gasteiger partial charge in [0.1, 0.15) is 5.75 Å². The predicted molar refractivity (Wildman–Crippen MR) is 79.6 cm³/mol. The molecule has 0 spiro atoms. The van der Waals surface area contributed by atoms with E-state index in [0.29, 0.717) is 11.9 Å². The average molecular weight is 273 g/mol. The number of aromatic nitrogens is 3. The van der Waals surface area contributed by atoms with Crippen molar-refractivity contribution in [3.63, 3.8) is 0 Å². The lowest BCUT2D eigenvalue weighted by Crippen LogP contribution is -2.15. The van der Waals surface area contributed by atoms with Gasteiger partial charge in [-0.1, -0.05) is 19.1 Å². The molecule has 0 saturated carbocycles. The second-order valence-electron chi connectivity index (χ2n) is 4.49. The molecule has 106 valence electrons. The summed E-state index contributed by atoms with van der Waals surface area (Å²) >= 11 is 0. The average Bonchev–Trinajstić information content (AvgIpc) is 2.47. The molecule has 20 heavy (non-hydrogen) atoms. The van der Waals surface area contributed by atoms with Crippen LogP contribution in [0.5, 0.6) is 11.8 Å². The Kier molecular flexibility index (Phi) is 4.34. The van der Waals surface area contributed by atoms with Crippen LogP contribution < -0.4 is 15.0 Å². The zero-order valence-corrected chi connectivity index (χ0v) is 12.2. The van der Waals surface area contributed by atoms with E-state index in [9.17, 15) is 0 Å². The van der Waals surface area contributed by atoms with Crippen LogP contribution in [0, 0.1) is 0 Å². The fraction of sp³-hybridized carbons (Fsp3) is 0.357. The van der Waals surface area contributed by atoms with E-state index in [1.807, 2.05) is 32.3 Å². The van der Waals surface area contributed by atoms with Gasteiger partial charge in [0.25, 0.3) is 0 Å². The lowest BCUT2D eigenvalue weighted by molar-refractivity contribution is 0.440. The minimum absolute atomic E-state index is 0.279. The van der Waals surface area contributed by atoms with Crippen molar-refractivity contribution in [1.82, 2.24) is 15.0 Å². The van der Waals surface area contributed by atoms with Crippen LogP contribution in [0.3, 0.4) is 0 Å². The van der Waals surface area contributed by atoms with Crippen LogP contribution in [0.25, 0.3) is 0 Å². The number of anilines is 2. The Balaban J connectivity index is 2.29. The number of hydrogen-bond donors (Lipinski definition) is 1. The summed E-state index contributed by atoms with van der Waals surface area (Å²) in [6.45, 7) is 2.10. The van der Waals surface area contributed by atoms with Crippen LogP contribution in [-0.2, 0) is 6.42 Å². The molecule has 0 radical (unpaired) electrons. The molecule has 1 aromatic carbocycles. The van der Waals surface area contributed by atoms with Gasteiger partial charge in [0.05, 0.1) is 0 Å². The van der Waals surface area contributed by atoms with Gasteiger partial charge in [-0.25, -0.2) is 0 Å². The summed E-state index contributed by atoms with van der Waals surface area (Å²) in [5.74, 6) is 1.75. The molecule has 1 aromatic heterocycles. The zero-order valence-electron chi connectivity index (χ0n) is 12.2. The van der Waals surface area contributed by atoms with Crippen molar-refractivity contribution >= 4 is 11.9 Å². The molecule has 0 aliphatic rings. The fourth-order valence-corrected chi connectivity index (χ4v) is 1.64. The van der Waals surface area contributed by atoms with Gasteiger partial charge in [-0.15, -0.1) is 0 Å². The third-order valence-electron chi connectivity index (χ3n) is 2.74. The summed E-state index contributed by atoms with van der Waals surface area (Å²) in [6, 6.07) is 8.17. The Morgan fingerprint density at radius 3 is 2.65 bits per heavy atom. The summed E-state index contributed by atoms with van der Waals surface area (Å²) in [7, 11) is 5.50. The summed E-state index contributed by atoms with van der Waals surface area (Å²) in [4.78, 5) is 14.5. The number of nitrogens with zero attached hydrogens (tertiary/aromatic N) is 4. The monoisotopic (exact) mass is 273 g/mol.